The van der Waals surface area contributed by atoms with Crippen molar-refractivity contribution in [3.63, 3.8) is 0 Å². The second-order valence-corrected chi connectivity index (χ2v) is 5.04. The van der Waals surface area contributed by atoms with Crippen molar-refractivity contribution in [2.75, 3.05) is 13.7 Å². The summed E-state index contributed by atoms with van der Waals surface area (Å²) < 4.78 is 24.2. The lowest BCUT2D eigenvalue weighted by Gasteiger charge is -2.42. The molecular weight excluding hydrogens is 299 g/mol. The molecular formula is C10H14ClFN2O6. The number of urea groups is 1. The van der Waals surface area contributed by atoms with Gasteiger partial charge in [0.1, 0.15) is 12.3 Å². The highest BCUT2D eigenvalue weighted by Gasteiger charge is 2.58. The molecule has 0 aliphatic carbocycles. The zero-order chi connectivity index (χ0) is 15.1. The number of aliphatic hydroxyl groups is 2. The number of ether oxygens (including phenoxy) is 2. The van der Waals surface area contributed by atoms with Crippen molar-refractivity contribution in [2.45, 2.75) is 36.2 Å². The minimum Gasteiger partial charge on any atom is -0.394 e. The number of alkyl halides is 2. The third-order valence-electron chi connectivity index (χ3n) is 3.24. The maximum absolute atomic E-state index is 14.1. The minimum absolute atomic E-state index is 0.0698. The summed E-state index contributed by atoms with van der Waals surface area (Å²) in [7, 11) is 1.08. The van der Waals surface area contributed by atoms with Gasteiger partial charge in [-0.1, -0.05) is 11.6 Å². The molecule has 8 nitrogen and oxygen atoms in total. The van der Waals surface area contributed by atoms with Gasteiger partial charge in [0.2, 0.25) is 0 Å². The Labute approximate surface area is 118 Å². The van der Waals surface area contributed by atoms with E-state index < -0.39 is 48.3 Å². The van der Waals surface area contributed by atoms with Gasteiger partial charge in [0.05, 0.1) is 12.7 Å². The Morgan fingerprint density at radius 3 is 2.80 bits per heavy atom. The molecule has 114 valence electrons. The fraction of sp³-hybridized carbons (Fsp3) is 0.800. The molecule has 0 aromatic rings. The molecule has 5 unspecified atom stereocenters. The molecule has 0 bridgehead atoms. The SMILES string of the molecule is COC1N(C2CC(O)C(CO)O2)C(=O)NC(=O)C1(F)Cl. The molecule has 3 N–H and O–H groups in total. The van der Waals surface area contributed by atoms with E-state index in [9.17, 15) is 19.1 Å². The highest BCUT2D eigenvalue weighted by atomic mass is 35.5. The average Bonchev–Trinajstić information content (AvgIpc) is 2.74. The molecule has 2 saturated heterocycles. The van der Waals surface area contributed by atoms with Gasteiger partial charge in [0, 0.05) is 13.5 Å². The molecule has 5 atom stereocenters. The monoisotopic (exact) mass is 312 g/mol. The standard InChI is InChI=1S/C10H14ClFN2O6/c1-19-8-10(11,12)7(17)13-9(18)14(8)6-2-4(16)5(3-15)20-6/h4-6,8,15-16H,2-3H2,1H3,(H,13,17,18). The summed E-state index contributed by atoms with van der Waals surface area (Å²) in [5.74, 6) is -1.33. The summed E-state index contributed by atoms with van der Waals surface area (Å²) in [4.78, 5) is 23.9. The van der Waals surface area contributed by atoms with Gasteiger partial charge in [-0.25, -0.2) is 9.18 Å². The molecule has 2 aliphatic rings. The van der Waals surface area contributed by atoms with Crippen LogP contribution in [-0.4, -0.2) is 70.6 Å². The summed E-state index contributed by atoms with van der Waals surface area (Å²) in [5, 5.41) is 17.4. The molecule has 20 heavy (non-hydrogen) atoms. The molecule has 0 radical (unpaired) electrons. The molecule has 0 spiro atoms. The number of hydrogen-bond acceptors (Lipinski definition) is 6. The first kappa shape index (κ1) is 15.4. The van der Waals surface area contributed by atoms with Crippen LogP contribution in [0.4, 0.5) is 9.18 Å². The Hall–Kier alpha value is -1.00. The van der Waals surface area contributed by atoms with Crippen molar-refractivity contribution in [2.24, 2.45) is 0 Å². The Morgan fingerprint density at radius 1 is 1.65 bits per heavy atom. The molecule has 0 aromatic carbocycles. The number of hydrogen-bond donors (Lipinski definition) is 3. The Balaban J connectivity index is 2.25. The topological polar surface area (TPSA) is 108 Å². The van der Waals surface area contributed by atoms with Gasteiger partial charge < -0.3 is 19.7 Å². The third kappa shape index (κ3) is 2.35. The Morgan fingerprint density at radius 2 is 2.30 bits per heavy atom. The summed E-state index contributed by atoms with van der Waals surface area (Å²) in [6.07, 6.45) is -4.79. The van der Waals surface area contributed by atoms with Gasteiger partial charge in [-0.2, -0.15) is 0 Å². The van der Waals surface area contributed by atoms with Crippen LogP contribution >= 0.6 is 11.6 Å². The van der Waals surface area contributed by atoms with Crippen LogP contribution in [0, 0.1) is 0 Å². The summed E-state index contributed by atoms with van der Waals surface area (Å²) in [6, 6.07) is -0.952. The van der Waals surface area contributed by atoms with Crippen LogP contribution in [0.3, 0.4) is 0 Å². The van der Waals surface area contributed by atoms with Crippen LogP contribution in [0.25, 0.3) is 0 Å². The third-order valence-corrected chi connectivity index (χ3v) is 3.60. The van der Waals surface area contributed by atoms with Crippen molar-refractivity contribution >= 4 is 23.5 Å². The first-order valence-electron chi connectivity index (χ1n) is 5.81. The Bertz CT molecular complexity index is 423. The second-order valence-electron chi connectivity index (χ2n) is 4.49. The van der Waals surface area contributed by atoms with E-state index in [-0.39, 0.29) is 6.42 Å². The molecule has 3 amide bonds. The normalized spacial score (nSPS) is 42.0. The largest absolute Gasteiger partial charge is 0.394 e. The quantitative estimate of drug-likeness (QED) is 0.570. The molecule has 10 heteroatoms. The second kappa shape index (κ2) is 5.41. The number of methoxy groups -OCH3 is 1. The lowest BCUT2D eigenvalue weighted by molar-refractivity contribution is -0.172. The number of nitrogens with one attached hydrogen (secondary N) is 1. The van der Waals surface area contributed by atoms with Crippen molar-refractivity contribution in [3.8, 4) is 0 Å². The van der Waals surface area contributed by atoms with Gasteiger partial charge in [0.25, 0.3) is 5.91 Å². The van der Waals surface area contributed by atoms with Gasteiger partial charge in [-0.05, 0) is 0 Å². The van der Waals surface area contributed by atoms with Gasteiger partial charge >= 0.3 is 11.2 Å². The highest BCUT2D eigenvalue weighted by molar-refractivity contribution is 6.35. The van der Waals surface area contributed by atoms with Crippen LogP contribution in [0.15, 0.2) is 0 Å². The minimum atomic E-state index is -2.98. The molecule has 2 heterocycles. The van der Waals surface area contributed by atoms with Crippen molar-refractivity contribution in [3.05, 3.63) is 0 Å². The van der Waals surface area contributed by atoms with Crippen LogP contribution in [0.2, 0.25) is 0 Å². The molecule has 2 fully saturated rings. The number of nitrogens with zero attached hydrogens (tertiary/aromatic N) is 1. The molecule has 0 aromatic heterocycles. The van der Waals surface area contributed by atoms with Crippen molar-refractivity contribution < 1.29 is 33.7 Å². The number of amides is 3. The van der Waals surface area contributed by atoms with E-state index in [2.05, 4.69) is 0 Å². The number of imide groups is 1. The number of rotatable bonds is 3. The van der Waals surface area contributed by atoms with Gasteiger partial charge in [-0.3, -0.25) is 15.0 Å². The lowest BCUT2D eigenvalue weighted by atomic mass is 10.1. The molecule has 2 aliphatic heterocycles. The predicted octanol–water partition coefficient (Wildman–Crippen LogP) is -1.12. The first-order chi connectivity index (χ1) is 9.32. The van der Waals surface area contributed by atoms with E-state index in [0.29, 0.717) is 0 Å². The van der Waals surface area contributed by atoms with E-state index in [1.165, 1.54) is 0 Å². The van der Waals surface area contributed by atoms with Crippen molar-refractivity contribution in [1.29, 1.82) is 0 Å². The highest BCUT2D eigenvalue weighted by Crippen LogP contribution is 2.35. The summed E-state index contributed by atoms with van der Waals surface area (Å²) in [6.45, 7) is -0.467. The molecule has 0 saturated carbocycles. The Kier molecular flexibility index (Phi) is 4.17. The van der Waals surface area contributed by atoms with E-state index in [1.807, 2.05) is 0 Å². The lowest BCUT2D eigenvalue weighted by Crippen LogP contribution is -2.68. The number of carbonyl (C=O) groups excluding carboxylic acids is 2. The zero-order valence-electron chi connectivity index (χ0n) is 10.5. The van der Waals surface area contributed by atoms with Gasteiger partial charge in [-0.15, -0.1) is 0 Å². The smallest absolute Gasteiger partial charge is 0.328 e. The predicted molar refractivity (Wildman–Crippen MR) is 62.2 cm³/mol. The summed E-state index contributed by atoms with van der Waals surface area (Å²) >= 11 is 5.47. The van der Waals surface area contributed by atoms with E-state index in [1.54, 1.807) is 5.32 Å². The van der Waals surface area contributed by atoms with E-state index in [4.69, 9.17) is 26.2 Å². The van der Waals surface area contributed by atoms with Crippen LogP contribution in [-0.2, 0) is 14.3 Å². The van der Waals surface area contributed by atoms with Crippen LogP contribution < -0.4 is 5.32 Å². The zero-order valence-corrected chi connectivity index (χ0v) is 11.2. The first-order valence-corrected chi connectivity index (χ1v) is 6.19. The maximum Gasteiger partial charge on any atom is 0.328 e. The van der Waals surface area contributed by atoms with Crippen LogP contribution in [0.5, 0.6) is 0 Å². The fourth-order valence-corrected chi connectivity index (χ4v) is 2.47. The fourth-order valence-electron chi connectivity index (χ4n) is 2.23. The van der Waals surface area contributed by atoms with Crippen LogP contribution in [0.1, 0.15) is 6.42 Å². The van der Waals surface area contributed by atoms with E-state index >= 15 is 0 Å². The van der Waals surface area contributed by atoms with E-state index in [0.717, 1.165) is 12.0 Å². The van der Waals surface area contributed by atoms with Crippen molar-refractivity contribution in [1.82, 2.24) is 10.2 Å². The average molecular weight is 313 g/mol. The number of halogens is 2. The number of aliphatic hydroxyl groups excluding tert-OH is 2. The van der Waals surface area contributed by atoms with Gasteiger partial charge in [0.15, 0.2) is 6.23 Å². The molecule has 2 rings (SSSR count). The maximum atomic E-state index is 14.1. The number of carbonyl (C=O) groups is 2. The summed E-state index contributed by atoms with van der Waals surface area (Å²) in [5.41, 5.74) is 0.